The summed E-state index contributed by atoms with van der Waals surface area (Å²) in [4.78, 5) is 5.05. The van der Waals surface area contributed by atoms with Gasteiger partial charge in [-0.15, -0.1) is 12.2 Å². The smallest absolute Gasteiger partial charge is 0.122 e. The average Bonchev–Trinajstić information content (AvgIpc) is 3.42. The Bertz CT molecular complexity index is 1010. The number of fused-ring (bicyclic) bond motifs is 2. The van der Waals surface area contributed by atoms with Crippen molar-refractivity contribution in [1.29, 1.82) is 0 Å². The van der Waals surface area contributed by atoms with Crippen molar-refractivity contribution in [2.45, 2.75) is 37.0 Å². The first-order valence-corrected chi connectivity index (χ1v) is 11.3. The molecular formula is C24H28N3O2SU-. The number of aliphatic hydroxyl groups excluding tert-OH is 1. The molecule has 2 heterocycles. The maximum atomic E-state index is 10.9. The molecule has 3 aromatic rings. The Hall–Kier alpha value is -1.49. The van der Waals surface area contributed by atoms with Crippen molar-refractivity contribution in [3.05, 3.63) is 82.8 Å². The van der Waals surface area contributed by atoms with Gasteiger partial charge in [-0.2, -0.15) is 0 Å². The van der Waals surface area contributed by atoms with E-state index in [0.717, 1.165) is 37.4 Å². The predicted molar refractivity (Wildman–Crippen MR) is 123 cm³/mol. The fourth-order valence-electron chi connectivity index (χ4n) is 3.85. The minimum absolute atomic E-state index is 0. The van der Waals surface area contributed by atoms with Crippen LogP contribution in [0.5, 0.6) is 0 Å². The van der Waals surface area contributed by atoms with E-state index in [9.17, 15) is 4.21 Å². The van der Waals surface area contributed by atoms with E-state index in [-0.39, 0.29) is 31.1 Å². The molecular weight excluding hydrogens is 632 g/mol. The molecule has 162 valence electrons. The van der Waals surface area contributed by atoms with E-state index in [1.54, 1.807) is 12.1 Å². The maximum Gasteiger partial charge on any atom is 0.122 e. The summed E-state index contributed by atoms with van der Waals surface area (Å²) >= 11 is 0. The van der Waals surface area contributed by atoms with E-state index in [1.165, 1.54) is 35.1 Å². The quantitative estimate of drug-likeness (QED) is 0.420. The molecule has 0 fully saturated rings. The molecule has 2 aromatic carbocycles. The Morgan fingerprint density at radius 3 is 2.58 bits per heavy atom. The second kappa shape index (κ2) is 12.5. The molecule has 2 atom stereocenters. The number of aryl methyl sites for hydroxylation is 1. The van der Waals surface area contributed by atoms with Crippen LogP contribution in [-0.2, 0) is 23.8 Å². The van der Waals surface area contributed by atoms with Crippen molar-refractivity contribution in [2.24, 2.45) is 5.14 Å². The van der Waals surface area contributed by atoms with Gasteiger partial charge in [0.1, 0.15) is 11.0 Å². The topological polar surface area (TPSA) is 90.3 Å². The van der Waals surface area contributed by atoms with Gasteiger partial charge in [0.25, 0.3) is 0 Å². The first-order valence-electron chi connectivity index (χ1n) is 10.1. The van der Waals surface area contributed by atoms with Crippen molar-refractivity contribution in [2.75, 3.05) is 13.7 Å². The van der Waals surface area contributed by atoms with Crippen molar-refractivity contribution in [3.8, 4) is 11.3 Å². The third-order valence-electron chi connectivity index (χ3n) is 5.43. The number of aliphatic hydroxyl groups is 1. The van der Waals surface area contributed by atoms with Crippen LogP contribution in [0.1, 0.15) is 36.0 Å². The Kier molecular flexibility index (Phi) is 10.4. The molecule has 0 bridgehead atoms. The first-order chi connectivity index (χ1) is 14.6. The Morgan fingerprint density at radius 1 is 1.06 bits per heavy atom. The van der Waals surface area contributed by atoms with Crippen LogP contribution in [0.15, 0.2) is 65.7 Å². The fraction of sp³-hybridized carbons (Fsp3) is 0.292. The predicted octanol–water partition coefficient (Wildman–Crippen LogP) is 4.64. The zero-order chi connectivity index (χ0) is 21.5. The van der Waals surface area contributed by atoms with Crippen LogP contribution in [0.4, 0.5) is 5.69 Å². The summed E-state index contributed by atoms with van der Waals surface area (Å²) in [7, 11) is -0.381. The SMILES string of the molecule is CC1CCc2cc(-c3ccccn3)ccc21.CO.NS(=O)c1ccc2c(c1)[N-]CC2.[U]. The molecule has 0 radical (unpaired) electrons. The third kappa shape index (κ3) is 6.50. The number of nitrogens with two attached hydrogens (primary N) is 1. The van der Waals surface area contributed by atoms with Gasteiger partial charge in [-0.05, 0) is 60.6 Å². The molecule has 2 aliphatic rings. The molecule has 5 rings (SSSR count). The molecule has 5 nitrogen and oxygen atoms in total. The molecule has 1 aliphatic carbocycles. The van der Waals surface area contributed by atoms with Crippen LogP contribution >= 0.6 is 0 Å². The zero-order valence-electron chi connectivity index (χ0n) is 17.9. The second-order valence-corrected chi connectivity index (χ2v) is 8.35. The van der Waals surface area contributed by atoms with Gasteiger partial charge in [-0.3, -0.25) is 4.98 Å². The summed E-state index contributed by atoms with van der Waals surface area (Å²) in [5.74, 6) is 0.729. The number of pyridine rings is 1. The normalized spacial score (nSPS) is 16.2. The number of rotatable bonds is 2. The molecule has 0 amide bonds. The first kappa shape index (κ1) is 25.8. The summed E-state index contributed by atoms with van der Waals surface area (Å²) in [5.41, 5.74) is 7.53. The molecule has 1 aromatic heterocycles. The van der Waals surface area contributed by atoms with E-state index in [4.69, 9.17) is 10.2 Å². The van der Waals surface area contributed by atoms with Crippen LogP contribution in [0, 0.1) is 31.1 Å². The van der Waals surface area contributed by atoms with Crippen LogP contribution < -0.4 is 5.14 Å². The zero-order valence-corrected chi connectivity index (χ0v) is 22.9. The van der Waals surface area contributed by atoms with Crippen molar-refractivity contribution < 1.29 is 40.4 Å². The van der Waals surface area contributed by atoms with Gasteiger partial charge < -0.3 is 10.4 Å². The number of aromatic nitrogens is 1. The molecule has 3 N–H and O–H groups in total. The van der Waals surface area contributed by atoms with E-state index in [1.807, 2.05) is 24.4 Å². The number of benzene rings is 2. The van der Waals surface area contributed by atoms with Gasteiger partial charge in [-0.25, -0.2) is 9.35 Å². The van der Waals surface area contributed by atoms with Gasteiger partial charge in [0.2, 0.25) is 0 Å². The van der Waals surface area contributed by atoms with E-state index in [0.29, 0.717) is 4.90 Å². The second-order valence-electron chi connectivity index (χ2n) is 7.29. The minimum atomic E-state index is -1.38. The van der Waals surface area contributed by atoms with Crippen LogP contribution in [-0.4, -0.2) is 28.0 Å². The Morgan fingerprint density at radius 2 is 1.87 bits per heavy atom. The third-order valence-corrected chi connectivity index (χ3v) is 6.15. The summed E-state index contributed by atoms with van der Waals surface area (Å²) in [6.07, 6.45) is 5.36. The van der Waals surface area contributed by atoms with Crippen LogP contribution in [0.25, 0.3) is 16.6 Å². The van der Waals surface area contributed by atoms with Gasteiger partial charge in [0.05, 0.1) is 10.6 Å². The molecule has 31 heavy (non-hydrogen) atoms. The largest absolute Gasteiger partial charge is 0.684 e. The molecule has 0 saturated carbocycles. The van der Waals surface area contributed by atoms with Gasteiger partial charge in [0.15, 0.2) is 0 Å². The average molecular weight is 661 g/mol. The summed E-state index contributed by atoms with van der Waals surface area (Å²) in [6, 6.07) is 18.4. The Labute approximate surface area is 210 Å². The molecule has 0 saturated heterocycles. The maximum absolute atomic E-state index is 10.9. The van der Waals surface area contributed by atoms with E-state index < -0.39 is 11.0 Å². The van der Waals surface area contributed by atoms with E-state index in [2.05, 4.69) is 41.5 Å². The summed E-state index contributed by atoms with van der Waals surface area (Å²) in [6.45, 7) is 3.16. The summed E-state index contributed by atoms with van der Waals surface area (Å²) in [5, 5.41) is 16.5. The molecule has 2 unspecified atom stereocenters. The fourth-order valence-corrected chi connectivity index (χ4v) is 4.28. The van der Waals surface area contributed by atoms with Crippen LogP contribution in [0.3, 0.4) is 0 Å². The molecule has 0 spiro atoms. The van der Waals surface area contributed by atoms with Crippen molar-refractivity contribution >= 4 is 16.7 Å². The van der Waals surface area contributed by atoms with Crippen molar-refractivity contribution in [3.63, 3.8) is 0 Å². The number of hydrogen-bond acceptors (Lipinski definition) is 3. The van der Waals surface area contributed by atoms with Crippen LogP contribution in [0.2, 0.25) is 0 Å². The number of hydrogen-bond donors (Lipinski definition) is 2. The van der Waals surface area contributed by atoms with Gasteiger partial charge >= 0.3 is 0 Å². The standard InChI is InChI=1S/C15H15N.C8H9N2OS.CH4O.U/c1-11-5-6-12-10-13(7-8-14(11)12)15-4-2-3-9-16-15;9-12(11)7-2-1-6-3-4-10-8(6)5-7;1-2;/h2-4,7-11H,5-6H2,1H3;1-2,5H,3-4,9H2;2H,1H3;/q;-1;;. The molecule has 7 heteroatoms. The number of nitrogens with zero attached hydrogens (tertiary/aromatic N) is 2. The summed E-state index contributed by atoms with van der Waals surface area (Å²) < 4.78 is 10.9. The van der Waals surface area contributed by atoms with E-state index >= 15 is 0 Å². The molecule has 1 aliphatic heterocycles. The van der Waals surface area contributed by atoms with Gasteiger partial charge in [0, 0.05) is 50.0 Å². The monoisotopic (exact) mass is 660 g/mol. The minimum Gasteiger partial charge on any atom is -0.684 e. The van der Waals surface area contributed by atoms with Crippen molar-refractivity contribution in [1.82, 2.24) is 4.98 Å². The Balaban J connectivity index is 0.000000205. The van der Waals surface area contributed by atoms with Gasteiger partial charge in [-0.1, -0.05) is 42.8 Å².